The highest BCUT2D eigenvalue weighted by molar-refractivity contribution is 5.96. The fourth-order valence-corrected chi connectivity index (χ4v) is 4.25. The topological polar surface area (TPSA) is 165 Å². The number of unbranched alkanes of at least 4 members (excludes halogenated alkanes) is 15. The molecular weight excluding hydrogens is 532 g/mol. The third-order valence-corrected chi connectivity index (χ3v) is 7.49. The maximum absolute atomic E-state index is 9.99. The van der Waals surface area contributed by atoms with Crippen molar-refractivity contribution in [2.45, 2.75) is 175 Å². The van der Waals surface area contributed by atoms with Crippen molar-refractivity contribution in [3.05, 3.63) is 11.1 Å². The summed E-state index contributed by atoms with van der Waals surface area (Å²) in [6.07, 6.45) is 25.7. The summed E-state index contributed by atoms with van der Waals surface area (Å²) in [5.74, 6) is -2.97. The van der Waals surface area contributed by atoms with Crippen molar-refractivity contribution in [2.24, 2.45) is 0 Å². The Bertz CT molecular complexity index is 605. The lowest BCUT2D eigenvalue weighted by Gasteiger charge is -2.09. The minimum Gasteiger partial charge on any atom is -0.545 e. The molecular formula is C34H70N2O6. The van der Waals surface area contributed by atoms with E-state index in [2.05, 4.69) is 31.8 Å². The van der Waals surface area contributed by atoms with E-state index < -0.39 is 11.9 Å². The Kier molecular flexibility index (Phi) is 38.2. The second kappa shape index (κ2) is 35.7. The van der Waals surface area contributed by atoms with Crippen LogP contribution in [0.2, 0.25) is 0 Å². The largest absolute Gasteiger partial charge is 0.545 e. The molecule has 0 spiro atoms. The summed E-state index contributed by atoms with van der Waals surface area (Å²) in [5.41, 5.74) is 3.07. The lowest BCUT2D eigenvalue weighted by Crippen LogP contribution is -2.86. The number of aliphatic hydroxyl groups is 2. The molecule has 0 saturated heterocycles. The molecule has 0 heterocycles. The minimum absolute atomic E-state index is 0.0815. The van der Waals surface area contributed by atoms with Crippen LogP contribution in [0.25, 0.3) is 0 Å². The van der Waals surface area contributed by atoms with Crippen LogP contribution in [0.1, 0.15) is 163 Å². The fourth-order valence-electron chi connectivity index (χ4n) is 4.25. The van der Waals surface area contributed by atoms with Crippen LogP contribution in [0.4, 0.5) is 0 Å². The van der Waals surface area contributed by atoms with Gasteiger partial charge in [-0.15, -0.1) is 0 Å². The van der Waals surface area contributed by atoms with Gasteiger partial charge in [0.05, 0.1) is 18.5 Å². The van der Waals surface area contributed by atoms with E-state index in [0.717, 1.165) is 33.2 Å². The molecule has 0 aromatic heterocycles. The van der Waals surface area contributed by atoms with Crippen molar-refractivity contribution in [1.29, 1.82) is 0 Å². The Morgan fingerprint density at radius 1 is 0.595 bits per heavy atom. The molecule has 0 bridgehead atoms. The summed E-state index contributed by atoms with van der Waals surface area (Å²) in [7, 11) is 0. The van der Waals surface area contributed by atoms with Crippen LogP contribution in [0.5, 0.6) is 0 Å². The Labute approximate surface area is 258 Å². The van der Waals surface area contributed by atoms with Crippen molar-refractivity contribution in [2.75, 3.05) is 19.6 Å². The van der Waals surface area contributed by atoms with Crippen LogP contribution in [0.3, 0.4) is 0 Å². The molecule has 0 aliphatic carbocycles. The Balaban J connectivity index is -0.000000567. The molecule has 0 aromatic carbocycles. The maximum atomic E-state index is 9.99. The maximum Gasteiger partial charge on any atom is 0.103 e. The summed E-state index contributed by atoms with van der Waals surface area (Å²) in [6, 6.07) is 0. The van der Waals surface area contributed by atoms with E-state index in [1.807, 2.05) is 0 Å². The van der Waals surface area contributed by atoms with Gasteiger partial charge in [0.1, 0.15) is 25.3 Å². The number of carboxylic acid groups (broad SMARTS) is 2. The first kappa shape index (κ1) is 45.0. The summed E-state index contributed by atoms with van der Waals surface area (Å²) < 4.78 is 0. The van der Waals surface area contributed by atoms with Crippen molar-refractivity contribution in [3.8, 4) is 0 Å². The van der Waals surface area contributed by atoms with Gasteiger partial charge in [-0.3, -0.25) is 0 Å². The number of carbonyl (C=O) groups is 2. The Morgan fingerprint density at radius 3 is 1.26 bits per heavy atom. The lowest BCUT2D eigenvalue weighted by molar-refractivity contribution is -0.661. The van der Waals surface area contributed by atoms with Gasteiger partial charge in [0, 0.05) is 0 Å². The number of aliphatic hydroxyl groups excluding tert-OH is 2. The molecule has 2 unspecified atom stereocenters. The zero-order valence-corrected chi connectivity index (χ0v) is 28.2. The highest BCUT2D eigenvalue weighted by Gasteiger charge is 2.05. The van der Waals surface area contributed by atoms with E-state index in [1.54, 1.807) is 0 Å². The predicted octanol–water partition coefficient (Wildman–Crippen LogP) is 3.18. The number of quaternary nitrogens is 2. The van der Waals surface area contributed by atoms with Crippen LogP contribution in [0, 0.1) is 0 Å². The number of nitrogens with two attached hydrogens (primary N) is 1. The third-order valence-electron chi connectivity index (χ3n) is 7.49. The Morgan fingerprint density at radius 2 is 0.929 bits per heavy atom. The molecule has 0 aliphatic rings. The van der Waals surface area contributed by atoms with Gasteiger partial charge < -0.3 is 41.1 Å². The number of carboxylic acids is 2. The zero-order chi connectivity index (χ0) is 32.4. The molecule has 42 heavy (non-hydrogen) atoms. The van der Waals surface area contributed by atoms with Crippen LogP contribution in [0.15, 0.2) is 11.1 Å². The van der Waals surface area contributed by atoms with E-state index in [1.165, 1.54) is 122 Å². The van der Waals surface area contributed by atoms with Gasteiger partial charge in [-0.25, -0.2) is 0 Å². The van der Waals surface area contributed by atoms with Gasteiger partial charge in [-0.2, -0.15) is 0 Å². The average Bonchev–Trinajstić information content (AvgIpc) is 2.97. The zero-order valence-electron chi connectivity index (χ0n) is 28.2. The van der Waals surface area contributed by atoms with Gasteiger partial charge in [0.2, 0.25) is 0 Å². The first-order valence-electron chi connectivity index (χ1n) is 17.2. The fraction of sp³-hybridized carbons (Fsp3) is 0.882. The molecule has 8 nitrogen and oxygen atoms in total. The van der Waals surface area contributed by atoms with E-state index in [0.29, 0.717) is 6.54 Å². The van der Waals surface area contributed by atoms with Crippen molar-refractivity contribution in [3.63, 3.8) is 0 Å². The smallest absolute Gasteiger partial charge is 0.103 e. The van der Waals surface area contributed by atoms with Crippen molar-refractivity contribution in [1.82, 2.24) is 0 Å². The second-order valence-corrected chi connectivity index (χ2v) is 11.6. The molecule has 7 N–H and O–H groups in total. The molecule has 0 radical (unpaired) electrons. The monoisotopic (exact) mass is 603 g/mol. The number of hydrogen-bond donors (Lipinski definition) is 4. The van der Waals surface area contributed by atoms with E-state index in [-0.39, 0.29) is 23.4 Å². The molecule has 0 fully saturated rings. The van der Waals surface area contributed by atoms with Gasteiger partial charge >= 0.3 is 0 Å². The molecule has 0 rings (SSSR count). The minimum atomic E-state index is -1.48. The van der Waals surface area contributed by atoms with E-state index >= 15 is 0 Å². The molecule has 8 heteroatoms. The summed E-state index contributed by atoms with van der Waals surface area (Å²) >= 11 is 0. The highest BCUT2D eigenvalue weighted by Crippen LogP contribution is 2.11. The third kappa shape index (κ3) is 36.5. The van der Waals surface area contributed by atoms with Crippen LogP contribution in [-0.4, -0.2) is 54.0 Å². The standard InChI is InChI=1S/C16H35NO.C12H27NO.C6H8O4/c1-3-5-7-8-9-10-11-12-13-16(18)15-17-14-6-4-2;1-2-3-4-5-6-7-8-9-10-12(14)11-13;1-3(5(7)8)4(2)6(9)10/h16-18H,3-15H2,1-2H3;12,14H,2-11,13H2,1H3;1-2H3,(H,7,8)(H,9,10)/b;;4-3-. The second-order valence-electron chi connectivity index (χ2n) is 11.6. The first-order chi connectivity index (χ1) is 20.1. The Hall–Kier alpha value is -1.48. The van der Waals surface area contributed by atoms with E-state index in [4.69, 9.17) is 0 Å². The molecule has 0 amide bonds. The predicted molar refractivity (Wildman–Crippen MR) is 169 cm³/mol. The lowest BCUT2D eigenvalue weighted by atomic mass is 10.1. The van der Waals surface area contributed by atoms with Gasteiger partial charge in [0.15, 0.2) is 0 Å². The summed E-state index contributed by atoms with van der Waals surface area (Å²) in [5, 5.41) is 41.3. The van der Waals surface area contributed by atoms with Gasteiger partial charge in [-0.1, -0.05) is 130 Å². The van der Waals surface area contributed by atoms with Crippen LogP contribution >= 0.6 is 0 Å². The van der Waals surface area contributed by atoms with Crippen molar-refractivity contribution < 1.29 is 41.1 Å². The molecule has 2 atom stereocenters. The highest BCUT2D eigenvalue weighted by atomic mass is 16.4. The van der Waals surface area contributed by atoms with Gasteiger partial charge in [-0.05, 0) is 44.3 Å². The van der Waals surface area contributed by atoms with Crippen LogP contribution in [-0.2, 0) is 9.59 Å². The SMILES string of the molecule is C/C(C(=O)[O-])=C(\C)C(=O)[O-].CCCCCCCCCCC(O)C[NH2+]CCCC.CCCCCCCCCCC(O)C[NH3+]. The van der Waals surface area contributed by atoms with Crippen LogP contribution < -0.4 is 21.3 Å². The summed E-state index contributed by atoms with van der Waals surface area (Å²) in [6.45, 7) is 11.8. The number of aliphatic carboxylic acids is 2. The molecule has 0 aromatic rings. The van der Waals surface area contributed by atoms with Gasteiger partial charge in [0.25, 0.3) is 0 Å². The summed E-state index contributed by atoms with van der Waals surface area (Å²) in [4.78, 5) is 20.0. The first-order valence-corrected chi connectivity index (χ1v) is 17.2. The molecule has 0 saturated carbocycles. The normalized spacial score (nSPS) is 12.8. The number of rotatable bonds is 26. The quantitative estimate of drug-likeness (QED) is 0.0877. The number of carbonyl (C=O) groups excluding carboxylic acids is 2. The molecule has 252 valence electrons. The number of hydrogen-bond acceptors (Lipinski definition) is 6. The average molecular weight is 603 g/mol. The van der Waals surface area contributed by atoms with Crippen molar-refractivity contribution >= 4 is 11.9 Å². The van der Waals surface area contributed by atoms with E-state index in [9.17, 15) is 30.0 Å². The molecule has 0 aliphatic heterocycles.